The van der Waals surface area contributed by atoms with Gasteiger partial charge in [0.1, 0.15) is 5.75 Å². The van der Waals surface area contributed by atoms with Crippen LogP contribution in [0, 0.1) is 17.8 Å². The highest BCUT2D eigenvalue weighted by Gasteiger charge is 2.44. The van der Waals surface area contributed by atoms with Crippen LogP contribution in [0.1, 0.15) is 76.3 Å². The molecule has 0 amide bonds. The van der Waals surface area contributed by atoms with E-state index in [9.17, 15) is 5.11 Å². The lowest BCUT2D eigenvalue weighted by atomic mass is 9.73. The van der Waals surface area contributed by atoms with Crippen molar-refractivity contribution >= 4 is 0 Å². The molecule has 2 nitrogen and oxygen atoms in total. The predicted octanol–water partition coefficient (Wildman–Crippen LogP) is 5.55. The number of ether oxygens (including phenoxy) is 1. The molecule has 0 heterocycles. The van der Waals surface area contributed by atoms with Gasteiger partial charge in [0.25, 0.3) is 0 Å². The highest BCUT2D eigenvalue weighted by Crippen LogP contribution is 2.48. The lowest BCUT2D eigenvalue weighted by molar-refractivity contribution is 0.109. The first kappa shape index (κ1) is 18.8. The van der Waals surface area contributed by atoms with Crippen molar-refractivity contribution in [2.75, 3.05) is 6.61 Å². The van der Waals surface area contributed by atoms with Gasteiger partial charge in [-0.05, 0) is 67.6 Å². The fourth-order valence-electron chi connectivity index (χ4n) is 5.26. The Labute approximate surface area is 154 Å². The summed E-state index contributed by atoms with van der Waals surface area (Å²) in [7, 11) is 0. The normalized spacial score (nSPS) is 27.8. The molecule has 1 saturated carbocycles. The number of hydrogen-bond acceptors (Lipinski definition) is 2. The zero-order valence-corrected chi connectivity index (χ0v) is 16.2. The Bertz CT molecular complexity index is 539. The molecule has 2 aliphatic rings. The summed E-state index contributed by atoms with van der Waals surface area (Å²) < 4.78 is 5.86. The molecule has 1 N–H and O–H groups in total. The number of aliphatic hydroxyl groups excluding tert-OH is 1. The molecule has 2 heteroatoms. The van der Waals surface area contributed by atoms with Crippen molar-refractivity contribution < 1.29 is 9.84 Å². The molecule has 0 saturated heterocycles. The molecule has 2 aliphatic carbocycles. The molecule has 0 spiro atoms. The number of rotatable bonds is 9. The first-order valence-electron chi connectivity index (χ1n) is 10.7. The van der Waals surface area contributed by atoms with Gasteiger partial charge in [-0.3, -0.25) is 0 Å². The van der Waals surface area contributed by atoms with E-state index in [1.54, 1.807) is 0 Å². The maximum Gasteiger partial charge on any atom is 0.122 e. The van der Waals surface area contributed by atoms with Gasteiger partial charge >= 0.3 is 0 Å². The van der Waals surface area contributed by atoms with E-state index in [1.807, 2.05) is 0 Å². The fraction of sp³-hybridized carbons (Fsp3) is 0.739. The van der Waals surface area contributed by atoms with Gasteiger partial charge in [-0.15, -0.1) is 0 Å². The molecule has 0 aliphatic heterocycles. The summed E-state index contributed by atoms with van der Waals surface area (Å²) >= 11 is 0. The van der Waals surface area contributed by atoms with Gasteiger partial charge in [0.15, 0.2) is 0 Å². The number of benzene rings is 1. The van der Waals surface area contributed by atoms with Crippen molar-refractivity contribution in [3.8, 4) is 5.75 Å². The summed E-state index contributed by atoms with van der Waals surface area (Å²) in [5.41, 5.74) is 2.88. The van der Waals surface area contributed by atoms with Crippen LogP contribution in [-0.2, 0) is 12.8 Å². The quantitative estimate of drug-likeness (QED) is 0.595. The highest BCUT2D eigenvalue weighted by atomic mass is 16.5. The third-order valence-corrected chi connectivity index (χ3v) is 6.54. The Balaban J connectivity index is 1.59. The standard InChI is InChI=1S/C23H36O2/c1-3-5-6-7-8-9-12-19-20-14-17-11-10-13-23(25-4-2)21(17)15-18(20)16-22(19)24/h10-11,13,18-20,22,24H,3-9,12,14-16H2,1-2H3/t18-,19+,20-,22+/m0/s1. The zero-order valence-electron chi connectivity index (χ0n) is 16.2. The molecule has 140 valence electrons. The van der Waals surface area contributed by atoms with Crippen LogP contribution >= 0.6 is 0 Å². The van der Waals surface area contributed by atoms with Gasteiger partial charge in [-0.1, -0.05) is 57.6 Å². The van der Waals surface area contributed by atoms with Gasteiger partial charge in [0, 0.05) is 0 Å². The lowest BCUT2D eigenvalue weighted by Gasteiger charge is -2.32. The Morgan fingerprint density at radius 3 is 2.64 bits per heavy atom. The minimum Gasteiger partial charge on any atom is -0.494 e. The summed E-state index contributed by atoms with van der Waals surface area (Å²) in [6.45, 7) is 5.06. The summed E-state index contributed by atoms with van der Waals surface area (Å²) in [5.74, 6) is 2.91. The monoisotopic (exact) mass is 344 g/mol. The fourth-order valence-corrected chi connectivity index (χ4v) is 5.26. The zero-order chi connectivity index (χ0) is 17.6. The molecule has 25 heavy (non-hydrogen) atoms. The van der Waals surface area contributed by atoms with Gasteiger partial charge in [-0.25, -0.2) is 0 Å². The van der Waals surface area contributed by atoms with Crippen molar-refractivity contribution in [2.24, 2.45) is 17.8 Å². The molecule has 0 unspecified atom stereocenters. The van der Waals surface area contributed by atoms with Gasteiger partial charge in [-0.2, -0.15) is 0 Å². The van der Waals surface area contributed by atoms with Crippen LogP contribution in [0.2, 0.25) is 0 Å². The average molecular weight is 345 g/mol. The molecule has 0 bridgehead atoms. The van der Waals surface area contributed by atoms with Crippen molar-refractivity contribution in [3.63, 3.8) is 0 Å². The van der Waals surface area contributed by atoms with E-state index in [0.717, 1.165) is 31.6 Å². The second kappa shape index (κ2) is 9.07. The van der Waals surface area contributed by atoms with Crippen molar-refractivity contribution in [3.05, 3.63) is 29.3 Å². The summed E-state index contributed by atoms with van der Waals surface area (Å²) in [6.07, 6.45) is 12.4. The van der Waals surface area contributed by atoms with Crippen molar-refractivity contribution in [2.45, 2.75) is 84.2 Å². The van der Waals surface area contributed by atoms with Crippen LogP contribution in [0.5, 0.6) is 5.75 Å². The molecular formula is C23H36O2. The molecule has 0 radical (unpaired) electrons. The predicted molar refractivity (Wildman–Crippen MR) is 104 cm³/mol. The van der Waals surface area contributed by atoms with Gasteiger partial charge in [0.05, 0.1) is 12.7 Å². The van der Waals surface area contributed by atoms with Crippen LogP contribution in [0.3, 0.4) is 0 Å². The van der Waals surface area contributed by atoms with Gasteiger partial charge < -0.3 is 9.84 Å². The van der Waals surface area contributed by atoms with E-state index in [1.165, 1.54) is 56.1 Å². The van der Waals surface area contributed by atoms with E-state index >= 15 is 0 Å². The first-order valence-corrected chi connectivity index (χ1v) is 10.7. The molecule has 1 aromatic carbocycles. The maximum atomic E-state index is 10.7. The third-order valence-electron chi connectivity index (χ3n) is 6.54. The topological polar surface area (TPSA) is 29.5 Å². The Hall–Kier alpha value is -1.02. The maximum absolute atomic E-state index is 10.7. The molecule has 3 rings (SSSR count). The molecular weight excluding hydrogens is 308 g/mol. The minimum absolute atomic E-state index is 0.0875. The third kappa shape index (κ3) is 4.39. The largest absolute Gasteiger partial charge is 0.494 e. The van der Waals surface area contributed by atoms with Crippen LogP contribution in [0.15, 0.2) is 18.2 Å². The van der Waals surface area contributed by atoms with Crippen molar-refractivity contribution in [1.82, 2.24) is 0 Å². The van der Waals surface area contributed by atoms with Crippen LogP contribution in [-0.4, -0.2) is 17.8 Å². The second-order valence-corrected chi connectivity index (χ2v) is 8.18. The van der Waals surface area contributed by atoms with E-state index in [4.69, 9.17) is 4.74 Å². The van der Waals surface area contributed by atoms with E-state index < -0.39 is 0 Å². The molecule has 0 aromatic heterocycles. The van der Waals surface area contributed by atoms with E-state index in [0.29, 0.717) is 17.8 Å². The number of aliphatic hydroxyl groups is 1. The van der Waals surface area contributed by atoms with Crippen LogP contribution in [0.25, 0.3) is 0 Å². The number of fused-ring (bicyclic) bond motifs is 2. The lowest BCUT2D eigenvalue weighted by Crippen LogP contribution is -2.27. The number of unbranched alkanes of at least 4 members (excludes halogenated alkanes) is 5. The summed E-state index contributed by atoms with van der Waals surface area (Å²) in [5, 5.41) is 10.7. The Morgan fingerprint density at radius 2 is 1.84 bits per heavy atom. The van der Waals surface area contributed by atoms with Crippen LogP contribution < -0.4 is 4.74 Å². The molecule has 4 atom stereocenters. The summed E-state index contributed by atoms with van der Waals surface area (Å²) in [4.78, 5) is 0. The van der Waals surface area contributed by atoms with E-state index in [-0.39, 0.29) is 6.10 Å². The highest BCUT2D eigenvalue weighted by molar-refractivity contribution is 5.43. The molecule has 1 fully saturated rings. The smallest absolute Gasteiger partial charge is 0.122 e. The Kier molecular flexibility index (Phi) is 6.81. The Morgan fingerprint density at radius 1 is 1.04 bits per heavy atom. The van der Waals surface area contributed by atoms with E-state index in [2.05, 4.69) is 32.0 Å². The SMILES string of the molecule is CCCCCCCC[C@@H]1[C@H]2Cc3cccc(OCC)c3C[C@H]2C[C@H]1O. The van der Waals surface area contributed by atoms with Crippen molar-refractivity contribution in [1.29, 1.82) is 0 Å². The second-order valence-electron chi connectivity index (χ2n) is 8.18. The van der Waals surface area contributed by atoms with Gasteiger partial charge in [0.2, 0.25) is 0 Å². The minimum atomic E-state index is -0.0875. The van der Waals surface area contributed by atoms with Crippen LogP contribution in [0.4, 0.5) is 0 Å². The average Bonchev–Trinajstić information content (AvgIpc) is 2.91. The first-order chi connectivity index (χ1) is 12.2. The summed E-state index contributed by atoms with van der Waals surface area (Å²) in [6, 6.07) is 6.53. The number of hydrogen-bond donors (Lipinski definition) is 1. The molecule has 1 aromatic rings.